The van der Waals surface area contributed by atoms with Gasteiger partial charge >= 0.3 is 10.5 Å². The first-order valence-corrected chi connectivity index (χ1v) is 11.9. The number of imidazole rings is 1. The van der Waals surface area contributed by atoms with Gasteiger partial charge in [-0.05, 0) is 60.7 Å². The number of rotatable bonds is 6. The molecule has 4 aromatic rings. The van der Waals surface area contributed by atoms with E-state index in [2.05, 4.69) is 47.2 Å². The highest BCUT2D eigenvalue weighted by Crippen LogP contribution is 2.42. The monoisotopic (exact) mass is 462 g/mol. The summed E-state index contributed by atoms with van der Waals surface area (Å²) in [6.07, 6.45) is 5.18. The first kappa shape index (κ1) is 22.0. The van der Waals surface area contributed by atoms with Crippen molar-refractivity contribution >= 4 is 22.3 Å². The molecule has 0 N–H and O–H groups in total. The van der Waals surface area contributed by atoms with Gasteiger partial charge in [-0.1, -0.05) is 59.8 Å². The van der Waals surface area contributed by atoms with Gasteiger partial charge in [-0.25, -0.2) is 9.97 Å². The molecule has 162 valence electrons. The Morgan fingerprint density at radius 3 is 2.34 bits per heavy atom. The maximum atomic E-state index is 11.7. The summed E-state index contributed by atoms with van der Waals surface area (Å²) in [5.41, 5.74) is 6.33. The van der Waals surface area contributed by atoms with Gasteiger partial charge in [0.25, 0.3) is 0 Å². The summed E-state index contributed by atoms with van der Waals surface area (Å²) in [6, 6.07) is 17.7. The van der Waals surface area contributed by atoms with Crippen molar-refractivity contribution in [3.63, 3.8) is 0 Å². The smallest absolute Gasteiger partial charge is 0.279 e. The largest absolute Gasteiger partial charge is 0.312 e. The molecule has 6 nitrogen and oxygen atoms in total. The molecule has 2 aromatic carbocycles. The first-order valence-electron chi connectivity index (χ1n) is 10.0. The molecule has 0 bridgehead atoms. The van der Waals surface area contributed by atoms with Crippen LogP contribution in [0.15, 0.2) is 82.7 Å². The van der Waals surface area contributed by atoms with Crippen LogP contribution < -0.4 is 0 Å². The molecular formula is C24H22N4O2S2. The topological polar surface area (TPSA) is 77.2 Å². The quantitative estimate of drug-likeness (QED) is 0.343. The number of benzene rings is 2. The van der Waals surface area contributed by atoms with Gasteiger partial charge in [-0.15, -0.1) is 0 Å². The molecule has 8 heteroatoms. The molecule has 0 aliphatic rings. The van der Waals surface area contributed by atoms with E-state index < -0.39 is 15.9 Å². The summed E-state index contributed by atoms with van der Waals surface area (Å²) in [4.78, 5) is 8.82. The molecule has 0 amide bonds. The highest BCUT2D eigenvalue weighted by molar-refractivity contribution is 7.99. The number of aryl methyl sites for hydroxylation is 3. The van der Waals surface area contributed by atoms with E-state index in [0.29, 0.717) is 11.0 Å². The normalized spacial score (nSPS) is 11.8. The van der Waals surface area contributed by atoms with E-state index in [1.807, 2.05) is 47.0 Å². The minimum atomic E-state index is -2.59. The van der Waals surface area contributed by atoms with E-state index in [4.69, 9.17) is 0 Å². The summed E-state index contributed by atoms with van der Waals surface area (Å²) in [5.74, 6) is 0.702. The lowest BCUT2D eigenvalue weighted by atomic mass is 9.91. The Hall–Kier alpha value is -3.23. The first-order chi connectivity index (χ1) is 15.4. The second-order valence-electron chi connectivity index (χ2n) is 7.42. The van der Waals surface area contributed by atoms with Crippen molar-refractivity contribution in [2.24, 2.45) is 4.36 Å². The van der Waals surface area contributed by atoms with Crippen molar-refractivity contribution < 1.29 is 8.42 Å². The zero-order valence-corrected chi connectivity index (χ0v) is 19.6. The lowest BCUT2D eigenvalue weighted by Crippen LogP contribution is -2.02. The van der Waals surface area contributed by atoms with Gasteiger partial charge < -0.3 is 0 Å². The molecule has 4 rings (SSSR count). The second kappa shape index (κ2) is 9.50. The molecule has 2 heterocycles. The van der Waals surface area contributed by atoms with Gasteiger partial charge in [0, 0.05) is 18.6 Å². The van der Waals surface area contributed by atoms with Crippen molar-refractivity contribution in [1.29, 1.82) is 0 Å². The third-order valence-corrected chi connectivity index (χ3v) is 6.69. The van der Waals surface area contributed by atoms with Crippen LogP contribution in [0.1, 0.15) is 27.6 Å². The van der Waals surface area contributed by atoms with E-state index in [-0.39, 0.29) is 0 Å². The van der Waals surface area contributed by atoms with Gasteiger partial charge in [0.1, 0.15) is 11.2 Å². The van der Waals surface area contributed by atoms with Crippen LogP contribution in [0.3, 0.4) is 0 Å². The van der Waals surface area contributed by atoms with Crippen molar-refractivity contribution in [2.45, 2.75) is 31.3 Å². The lowest BCUT2D eigenvalue weighted by molar-refractivity contribution is 0.619. The standard InChI is InChI=1S/C24H22N4O2S2/c1-16-14-17(2)22(18(3)15-16)19-8-4-5-9-20(19)23(27-32(29)30)31-24-26-12-13-28(24)21-10-6-7-11-25-21/h4-15,23H,1-3H3. The maximum absolute atomic E-state index is 11.7. The lowest BCUT2D eigenvalue weighted by Gasteiger charge is -2.19. The molecular weight excluding hydrogens is 440 g/mol. The van der Waals surface area contributed by atoms with E-state index in [0.717, 1.165) is 27.8 Å². The SMILES string of the molecule is Cc1cc(C)c(-c2ccccc2C(N=S(=O)=O)Sc2nccn2-c2ccccn2)c(C)c1. The number of hydrogen-bond donors (Lipinski definition) is 0. The molecule has 0 saturated heterocycles. The van der Waals surface area contributed by atoms with Crippen LogP contribution in [-0.4, -0.2) is 23.0 Å². The third kappa shape index (κ3) is 4.66. The molecule has 0 spiro atoms. The zero-order valence-electron chi connectivity index (χ0n) is 17.9. The Labute approximate surface area is 193 Å². The summed E-state index contributed by atoms with van der Waals surface area (Å²) in [6.45, 7) is 6.22. The summed E-state index contributed by atoms with van der Waals surface area (Å²) in [5, 5.41) is -0.0930. The fraction of sp³-hybridized carbons (Fsp3) is 0.167. The Morgan fingerprint density at radius 1 is 0.938 bits per heavy atom. The predicted molar refractivity (Wildman–Crippen MR) is 127 cm³/mol. The molecule has 1 unspecified atom stereocenters. The maximum Gasteiger partial charge on any atom is 0.312 e. The fourth-order valence-electron chi connectivity index (χ4n) is 3.91. The second-order valence-corrected chi connectivity index (χ2v) is 9.11. The molecule has 1 atom stereocenters. The minimum absolute atomic E-state index is 0.607. The Bertz CT molecular complexity index is 1370. The van der Waals surface area contributed by atoms with Crippen LogP contribution in [0, 0.1) is 20.8 Å². The fourth-order valence-corrected chi connectivity index (χ4v) is 5.49. The van der Waals surface area contributed by atoms with Gasteiger partial charge in [-0.3, -0.25) is 4.57 Å². The highest BCUT2D eigenvalue weighted by atomic mass is 32.2. The van der Waals surface area contributed by atoms with Crippen molar-refractivity contribution in [2.75, 3.05) is 0 Å². The molecule has 32 heavy (non-hydrogen) atoms. The average molecular weight is 463 g/mol. The Kier molecular flexibility index (Phi) is 6.53. The number of thioether (sulfide) groups is 1. The van der Waals surface area contributed by atoms with E-state index >= 15 is 0 Å². The van der Waals surface area contributed by atoms with Crippen LogP contribution in [0.2, 0.25) is 0 Å². The molecule has 0 aliphatic carbocycles. The molecule has 0 radical (unpaired) electrons. The van der Waals surface area contributed by atoms with Crippen LogP contribution in [0.5, 0.6) is 0 Å². The average Bonchev–Trinajstić information content (AvgIpc) is 3.21. The van der Waals surface area contributed by atoms with Crippen molar-refractivity contribution in [3.8, 4) is 16.9 Å². The van der Waals surface area contributed by atoms with Gasteiger partial charge in [0.2, 0.25) is 0 Å². The van der Waals surface area contributed by atoms with Crippen molar-refractivity contribution in [3.05, 3.63) is 95.4 Å². The summed E-state index contributed by atoms with van der Waals surface area (Å²) >= 11 is 1.27. The molecule has 0 aliphatic heterocycles. The summed E-state index contributed by atoms with van der Waals surface area (Å²) < 4.78 is 29.2. The van der Waals surface area contributed by atoms with Crippen molar-refractivity contribution in [1.82, 2.24) is 14.5 Å². The minimum Gasteiger partial charge on any atom is -0.279 e. The van der Waals surface area contributed by atoms with E-state index in [1.54, 1.807) is 18.6 Å². The number of hydrogen-bond acceptors (Lipinski definition) is 6. The summed E-state index contributed by atoms with van der Waals surface area (Å²) in [7, 11) is -2.59. The van der Waals surface area contributed by atoms with Gasteiger partial charge in [0.05, 0.1) is 0 Å². The predicted octanol–water partition coefficient (Wildman–Crippen LogP) is 5.71. The zero-order chi connectivity index (χ0) is 22.7. The Morgan fingerprint density at radius 2 is 1.66 bits per heavy atom. The van der Waals surface area contributed by atoms with E-state index in [1.165, 1.54) is 17.3 Å². The highest BCUT2D eigenvalue weighted by Gasteiger charge is 2.22. The van der Waals surface area contributed by atoms with Gasteiger partial charge in [-0.2, -0.15) is 12.8 Å². The van der Waals surface area contributed by atoms with Crippen LogP contribution >= 0.6 is 11.8 Å². The third-order valence-electron chi connectivity index (χ3n) is 5.07. The molecule has 0 fully saturated rings. The van der Waals surface area contributed by atoms with Crippen LogP contribution in [0.4, 0.5) is 0 Å². The molecule has 0 saturated carbocycles. The number of aromatic nitrogens is 3. The number of pyridine rings is 1. The van der Waals surface area contributed by atoms with Crippen LogP contribution in [0.25, 0.3) is 16.9 Å². The van der Waals surface area contributed by atoms with Crippen LogP contribution in [-0.2, 0) is 10.5 Å². The number of nitrogens with zero attached hydrogens (tertiary/aromatic N) is 4. The Balaban J connectivity index is 1.83. The van der Waals surface area contributed by atoms with E-state index in [9.17, 15) is 8.42 Å². The van der Waals surface area contributed by atoms with Gasteiger partial charge in [0.15, 0.2) is 5.16 Å². The molecule has 2 aromatic heterocycles.